The molecule has 0 N–H and O–H groups in total. The predicted octanol–water partition coefficient (Wildman–Crippen LogP) is 1.59. The van der Waals surface area contributed by atoms with Gasteiger partial charge in [0.15, 0.2) is 0 Å². The summed E-state index contributed by atoms with van der Waals surface area (Å²) in [5, 5.41) is 0. The van der Waals surface area contributed by atoms with Gasteiger partial charge in [-0.25, -0.2) is 0 Å². The smallest absolute Gasteiger partial charge is 0.263 e. The van der Waals surface area contributed by atoms with E-state index in [1.165, 1.54) is 4.88 Å². The molecule has 25 heavy (non-hydrogen) atoms. The van der Waals surface area contributed by atoms with Crippen LogP contribution in [0.25, 0.3) is 0 Å². The molecular weight excluding hydrogens is 338 g/mol. The number of carbonyl (C=O) groups excluding carboxylic acids is 3. The molecule has 0 aliphatic carbocycles. The van der Waals surface area contributed by atoms with Crippen molar-refractivity contribution in [3.05, 3.63) is 21.4 Å². The number of rotatable bonds is 3. The van der Waals surface area contributed by atoms with Gasteiger partial charge in [-0.2, -0.15) is 0 Å². The van der Waals surface area contributed by atoms with Gasteiger partial charge >= 0.3 is 0 Å². The van der Waals surface area contributed by atoms with Gasteiger partial charge in [-0.05, 0) is 31.4 Å². The molecular formula is C18H25N3O3S. The fourth-order valence-corrected chi connectivity index (χ4v) is 4.71. The lowest BCUT2D eigenvalue weighted by molar-refractivity contribution is -0.143. The maximum atomic E-state index is 12.9. The fraction of sp³-hybridized carbons (Fsp3) is 0.611. The van der Waals surface area contributed by atoms with Crippen molar-refractivity contribution in [1.29, 1.82) is 0 Å². The van der Waals surface area contributed by atoms with Crippen LogP contribution in [-0.2, 0) is 22.6 Å². The van der Waals surface area contributed by atoms with Crippen LogP contribution in [0, 0.1) is 5.92 Å². The van der Waals surface area contributed by atoms with Crippen LogP contribution in [0.2, 0.25) is 0 Å². The van der Waals surface area contributed by atoms with Crippen LogP contribution >= 0.6 is 11.3 Å². The van der Waals surface area contributed by atoms with Gasteiger partial charge in [0.1, 0.15) is 0 Å². The van der Waals surface area contributed by atoms with Crippen molar-refractivity contribution >= 4 is 29.1 Å². The summed E-state index contributed by atoms with van der Waals surface area (Å²) < 4.78 is 0. The molecule has 0 bridgehead atoms. The highest BCUT2D eigenvalue weighted by atomic mass is 32.1. The van der Waals surface area contributed by atoms with Crippen LogP contribution in [0.1, 0.15) is 39.9 Å². The lowest BCUT2D eigenvalue weighted by Gasteiger charge is -2.35. The van der Waals surface area contributed by atoms with Gasteiger partial charge in [-0.3, -0.25) is 14.4 Å². The SMILES string of the molecule is CCN1C[C@H](C(=O)N2CCc3sc(C(=O)N(C)C)cc3C2)CCC1=O. The molecule has 1 fully saturated rings. The van der Waals surface area contributed by atoms with Crippen molar-refractivity contribution in [2.75, 3.05) is 33.7 Å². The van der Waals surface area contributed by atoms with Crippen LogP contribution in [-0.4, -0.2) is 66.2 Å². The second-order valence-electron chi connectivity index (χ2n) is 6.94. The topological polar surface area (TPSA) is 60.9 Å². The highest BCUT2D eigenvalue weighted by Gasteiger charge is 2.34. The van der Waals surface area contributed by atoms with Gasteiger partial charge in [0.25, 0.3) is 5.91 Å². The Bertz CT molecular complexity index is 698. The normalized spacial score (nSPS) is 20.4. The fourth-order valence-electron chi connectivity index (χ4n) is 3.53. The lowest BCUT2D eigenvalue weighted by atomic mass is 9.95. The molecule has 3 amide bonds. The number of carbonyl (C=O) groups is 3. The van der Waals surface area contributed by atoms with Crippen molar-refractivity contribution in [3.8, 4) is 0 Å². The Morgan fingerprint density at radius 1 is 1.32 bits per heavy atom. The van der Waals surface area contributed by atoms with Gasteiger partial charge in [-0.15, -0.1) is 11.3 Å². The van der Waals surface area contributed by atoms with Crippen molar-refractivity contribution in [2.45, 2.75) is 32.7 Å². The number of fused-ring (bicyclic) bond motifs is 1. The van der Waals surface area contributed by atoms with E-state index in [4.69, 9.17) is 0 Å². The lowest BCUT2D eigenvalue weighted by Crippen LogP contribution is -2.47. The van der Waals surface area contributed by atoms with E-state index in [0.717, 1.165) is 16.9 Å². The zero-order valence-corrected chi connectivity index (χ0v) is 15.9. The van der Waals surface area contributed by atoms with Crippen molar-refractivity contribution in [2.24, 2.45) is 5.92 Å². The molecule has 0 radical (unpaired) electrons. The average Bonchev–Trinajstić information content (AvgIpc) is 3.03. The number of hydrogen-bond donors (Lipinski definition) is 0. The van der Waals surface area contributed by atoms with E-state index in [9.17, 15) is 14.4 Å². The van der Waals surface area contributed by atoms with Crippen LogP contribution in [0.3, 0.4) is 0 Å². The molecule has 1 aromatic heterocycles. The summed E-state index contributed by atoms with van der Waals surface area (Å²) in [6.07, 6.45) is 1.91. The van der Waals surface area contributed by atoms with E-state index in [0.29, 0.717) is 39.0 Å². The number of piperidine rings is 1. The molecule has 0 saturated carbocycles. The molecule has 1 saturated heterocycles. The summed E-state index contributed by atoms with van der Waals surface area (Å²) in [4.78, 5) is 44.1. The van der Waals surface area contributed by atoms with Crippen molar-refractivity contribution < 1.29 is 14.4 Å². The first kappa shape index (κ1) is 17.9. The van der Waals surface area contributed by atoms with Gasteiger partial charge in [0.05, 0.1) is 10.8 Å². The molecule has 7 heteroatoms. The van der Waals surface area contributed by atoms with Crippen LogP contribution in [0.15, 0.2) is 6.07 Å². The first-order valence-electron chi connectivity index (χ1n) is 8.80. The van der Waals surface area contributed by atoms with Gasteiger partial charge in [-0.1, -0.05) is 0 Å². The molecule has 0 unspecified atom stereocenters. The molecule has 0 aromatic carbocycles. The molecule has 2 aliphatic rings. The molecule has 0 spiro atoms. The highest BCUT2D eigenvalue weighted by molar-refractivity contribution is 7.14. The minimum atomic E-state index is -0.0966. The maximum Gasteiger partial charge on any atom is 0.263 e. The summed E-state index contributed by atoms with van der Waals surface area (Å²) in [5.41, 5.74) is 1.09. The largest absolute Gasteiger partial charge is 0.344 e. The van der Waals surface area contributed by atoms with Gasteiger partial charge in [0, 0.05) is 51.6 Å². The van der Waals surface area contributed by atoms with Gasteiger partial charge < -0.3 is 14.7 Å². The Balaban J connectivity index is 1.69. The Labute approximate surface area is 152 Å². The summed E-state index contributed by atoms with van der Waals surface area (Å²) >= 11 is 1.54. The second kappa shape index (κ2) is 7.15. The monoisotopic (exact) mass is 363 g/mol. The summed E-state index contributed by atoms with van der Waals surface area (Å²) in [5.74, 6) is 0.211. The van der Waals surface area contributed by atoms with Crippen molar-refractivity contribution in [3.63, 3.8) is 0 Å². The second-order valence-corrected chi connectivity index (χ2v) is 8.07. The maximum absolute atomic E-state index is 12.9. The summed E-state index contributed by atoms with van der Waals surface area (Å²) in [6, 6.07) is 1.94. The van der Waals surface area contributed by atoms with E-state index in [2.05, 4.69) is 0 Å². The molecule has 6 nitrogen and oxygen atoms in total. The zero-order chi connectivity index (χ0) is 18.1. The Morgan fingerprint density at radius 2 is 2.08 bits per heavy atom. The number of amides is 3. The first-order chi connectivity index (χ1) is 11.9. The van der Waals surface area contributed by atoms with Gasteiger partial charge in [0.2, 0.25) is 11.8 Å². The Kier molecular flexibility index (Phi) is 5.13. The molecule has 136 valence electrons. The van der Waals surface area contributed by atoms with Crippen LogP contribution in [0.4, 0.5) is 0 Å². The van der Waals surface area contributed by atoms with Crippen LogP contribution in [0.5, 0.6) is 0 Å². The first-order valence-corrected chi connectivity index (χ1v) is 9.62. The highest BCUT2D eigenvalue weighted by Crippen LogP contribution is 2.30. The zero-order valence-electron chi connectivity index (χ0n) is 15.1. The van der Waals surface area contributed by atoms with E-state index < -0.39 is 0 Å². The predicted molar refractivity (Wildman–Crippen MR) is 96.4 cm³/mol. The number of thiophene rings is 1. The van der Waals surface area contributed by atoms with E-state index in [1.54, 1.807) is 35.2 Å². The van der Waals surface area contributed by atoms with Crippen molar-refractivity contribution in [1.82, 2.24) is 14.7 Å². The molecule has 3 heterocycles. The quantitative estimate of drug-likeness (QED) is 0.819. The molecule has 1 atom stereocenters. The third-order valence-corrected chi connectivity index (χ3v) is 6.25. The molecule has 3 rings (SSSR count). The third kappa shape index (κ3) is 3.56. The molecule has 1 aromatic rings. The average molecular weight is 363 g/mol. The Morgan fingerprint density at radius 3 is 2.76 bits per heavy atom. The van der Waals surface area contributed by atoms with E-state index >= 15 is 0 Å². The standard InChI is InChI=1S/C18H25N3O3S/c1-4-20-10-12(5-6-16(20)22)17(23)21-8-7-14-13(11-21)9-15(25-14)18(24)19(2)3/h9,12H,4-8,10-11H2,1-3H3/t12-/m1/s1. The number of likely N-dealkylation sites (tertiary alicyclic amines) is 1. The van der Waals surface area contributed by atoms with Crippen LogP contribution < -0.4 is 0 Å². The molecule has 2 aliphatic heterocycles. The minimum absolute atomic E-state index is 0.0154. The number of nitrogens with zero attached hydrogens (tertiary/aromatic N) is 3. The number of hydrogen-bond acceptors (Lipinski definition) is 4. The van der Waals surface area contributed by atoms with E-state index in [-0.39, 0.29) is 23.6 Å². The third-order valence-electron chi connectivity index (χ3n) is 5.03. The van der Waals surface area contributed by atoms with E-state index in [1.807, 2.05) is 17.9 Å². The minimum Gasteiger partial charge on any atom is -0.344 e. The summed E-state index contributed by atoms with van der Waals surface area (Å²) in [6.45, 7) is 4.41. The summed E-state index contributed by atoms with van der Waals surface area (Å²) in [7, 11) is 3.50. The Hall–Kier alpha value is -1.89.